The van der Waals surface area contributed by atoms with Crippen LogP contribution >= 0.6 is 0 Å². The van der Waals surface area contributed by atoms with Crippen molar-refractivity contribution in [1.82, 2.24) is 5.32 Å². The second-order valence-corrected chi connectivity index (χ2v) is 4.32. The Morgan fingerprint density at radius 3 is 2.45 bits per heavy atom. The van der Waals surface area contributed by atoms with Crippen LogP contribution in [-0.4, -0.2) is 17.6 Å². The van der Waals surface area contributed by atoms with E-state index < -0.39 is 0 Å². The Labute approximate surface area is 117 Å². The lowest BCUT2D eigenvalue weighted by molar-refractivity contribution is 0.0956. The van der Waals surface area contributed by atoms with Crippen molar-refractivity contribution in [2.45, 2.75) is 20.1 Å². The predicted octanol–water partition coefficient (Wildman–Crippen LogP) is 2.13. The minimum atomic E-state index is -0.0960. The topological polar surface area (TPSA) is 74.5 Å². The number of rotatable bonds is 6. The van der Waals surface area contributed by atoms with Gasteiger partial charge in [-0.1, -0.05) is 0 Å². The van der Waals surface area contributed by atoms with E-state index in [9.17, 15) is 4.79 Å². The van der Waals surface area contributed by atoms with Crippen LogP contribution in [0.25, 0.3) is 0 Å². The molecule has 0 aliphatic rings. The summed E-state index contributed by atoms with van der Waals surface area (Å²) in [6, 6.07) is 10.8. The smallest absolute Gasteiger partial charge is 0.251 e. The molecule has 5 heteroatoms. The van der Waals surface area contributed by atoms with Crippen LogP contribution in [0.15, 0.2) is 40.8 Å². The first kappa shape index (κ1) is 14.1. The van der Waals surface area contributed by atoms with Crippen molar-refractivity contribution >= 4 is 11.6 Å². The standard InChI is InChI=1S/C15H18N2O3/c1-2-16-15(19)11-3-5-12(6-4-11)17-9-13-7-8-14(10-18)20-13/h3-8,17-18H,2,9-10H2,1H3,(H,16,19). The highest BCUT2D eigenvalue weighted by atomic mass is 16.4. The maximum absolute atomic E-state index is 11.6. The van der Waals surface area contributed by atoms with Crippen LogP contribution < -0.4 is 10.6 Å². The molecule has 1 aromatic carbocycles. The average molecular weight is 274 g/mol. The third kappa shape index (κ3) is 3.61. The van der Waals surface area contributed by atoms with Crippen LogP contribution in [0.1, 0.15) is 28.8 Å². The molecule has 1 amide bonds. The summed E-state index contributed by atoms with van der Waals surface area (Å²) >= 11 is 0. The zero-order valence-electron chi connectivity index (χ0n) is 11.3. The monoisotopic (exact) mass is 274 g/mol. The fraction of sp³-hybridized carbons (Fsp3) is 0.267. The fourth-order valence-corrected chi connectivity index (χ4v) is 1.79. The molecule has 0 bridgehead atoms. The number of carbonyl (C=O) groups excluding carboxylic acids is 1. The summed E-state index contributed by atoms with van der Waals surface area (Å²) in [5, 5.41) is 14.9. The molecule has 0 spiro atoms. The summed E-state index contributed by atoms with van der Waals surface area (Å²) in [6.07, 6.45) is 0. The molecule has 106 valence electrons. The molecule has 0 aliphatic heterocycles. The number of hydrogen-bond donors (Lipinski definition) is 3. The lowest BCUT2D eigenvalue weighted by Gasteiger charge is -2.06. The maximum Gasteiger partial charge on any atom is 0.251 e. The highest BCUT2D eigenvalue weighted by Gasteiger charge is 2.04. The molecule has 2 rings (SSSR count). The van der Waals surface area contributed by atoms with E-state index in [4.69, 9.17) is 9.52 Å². The number of nitrogens with one attached hydrogen (secondary N) is 2. The minimum absolute atomic E-state index is 0.0716. The Balaban J connectivity index is 1.92. The van der Waals surface area contributed by atoms with Crippen LogP contribution in [-0.2, 0) is 13.2 Å². The first-order valence-electron chi connectivity index (χ1n) is 6.53. The molecule has 1 heterocycles. The van der Waals surface area contributed by atoms with Gasteiger partial charge in [-0.2, -0.15) is 0 Å². The minimum Gasteiger partial charge on any atom is -0.462 e. The normalized spacial score (nSPS) is 10.3. The van der Waals surface area contributed by atoms with E-state index in [2.05, 4.69) is 10.6 Å². The molecule has 0 fully saturated rings. The summed E-state index contributed by atoms with van der Waals surface area (Å²) in [6.45, 7) is 2.93. The van der Waals surface area contributed by atoms with Crippen molar-refractivity contribution < 1.29 is 14.3 Å². The number of anilines is 1. The van der Waals surface area contributed by atoms with E-state index in [-0.39, 0.29) is 12.5 Å². The first-order valence-corrected chi connectivity index (χ1v) is 6.53. The molecule has 0 unspecified atom stereocenters. The van der Waals surface area contributed by atoms with Crippen LogP contribution in [0.3, 0.4) is 0 Å². The number of aliphatic hydroxyl groups excluding tert-OH is 1. The van der Waals surface area contributed by atoms with Gasteiger partial charge in [0.1, 0.15) is 18.1 Å². The van der Waals surface area contributed by atoms with Crippen LogP contribution in [0.5, 0.6) is 0 Å². The molecule has 0 saturated carbocycles. The molecule has 0 radical (unpaired) electrons. The van der Waals surface area contributed by atoms with Crippen LogP contribution in [0.2, 0.25) is 0 Å². The summed E-state index contributed by atoms with van der Waals surface area (Å²) in [5.74, 6) is 1.23. The van der Waals surface area contributed by atoms with Crippen molar-refractivity contribution in [1.29, 1.82) is 0 Å². The van der Waals surface area contributed by atoms with E-state index in [1.54, 1.807) is 18.2 Å². The molecular weight excluding hydrogens is 256 g/mol. The highest BCUT2D eigenvalue weighted by Crippen LogP contribution is 2.13. The van der Waals surface area contributed by atoms with Gasteiger partial charge in [-0.05, 0) is 43.3 Å². The van der Waals surface area contributed by atoms with Crippen molar-refractivity contribution in [2.24, 2.45) is 0 Å². The molecule has 1 aromatic heterocycles. The molecule has 5 nitrogen and oxygen atoms in total. The number of aliphatic hydroxyl groups is 1. The van der Waals surface area contributed by atoms with Gasteiger partial charge in [0.05, 0.1) is 6.54 Å². The molecule has 3 N–H and O–H groups in total. The van der Waals surface area contributed by atoms with Crippen LogP contribution in [0, 0.1) is 0 Å². The van der Waals surface area contributed by atoms with E-state index >= 15 is 0 Å². The third-order valence-corrected chi connectivity index (χ3v) is 2.82. The maximum atomic E-state index is 11.6. The molecule has 0 aliphatic carbocycles. The Hall–Kier alpha value is -2.27. The zero-order valence-corrected chi connectivity index (χ0v) is 11.3. The first-order chi connectivity index (χ1) is 9.72. The van der Waals surface area contributed by atoms with Crippen molar-refractivity contribution in [3.05, 3.63) is 53.5 Å². The number of hydrogen-bond acceptors (Lipinski definition) is 4. The van der Waals surface area contributed by atoms with Crippen molar-refractivity contribution in [2.75, 3.05) is 11.9 Å². The van der Waals surface area contributed by atoms with Gasteiger partial charge in [-0.3, -0.25) is 4.79 Å². The lowest BCUT2D eigenvalue weighted by atomic mass is 10.2. The van der Waals surface area contributed by atoms with Gasteiger partial charge in [0, 0.05) is 17.8 Å². The highest BCUT2D eigenvalue weighted by molar-refractivity contribution is 5.94. The van der Waals surface area contributed by atoms with Gasteiger partial charge in [-0.15, -0.1) is 0 Å². The van der Waals surface area contributed by atoms with Gasteiger partial charge in [-0.25, -0.2) is 0 Å². The number of benzene rings is 1. The molecule has 0 atom stereocenters. The predicted molar refractivity (Wildman–Crippen MR) is 76.4 cm³/mol. The number of carbonyl (C=O) groups is 1. The van der Waals surface area contributed by atoms with Gasteiger partial charge in [0.2, 0.25) is 0 Å². The largest absolute Gasteiger partial charge is 0.462 e. The average Bonchev–Trinajstić information content (AvgIpc) is 2.94. The summed E-state index contributed by atoms with van der Waals surface area (Å²) < 4.78 is 5.37. The Morgan fingerprint density at radius 2 is 1.85 bits per heavy atom. The Morgan fingerprint density at radius 1 is 1.15 bits per heavy atom. The van der Waals surface area contributed by atoms with Crippen molar-refractivity contribution in [3.63, 3.8) is 0 Å². The summed E-state index contributed by atoms with van der Waals surface area (Å²) in [4.78, 5) is 11.6. The number of amides is 1. The molecule has 0 saturated heterocycles. The second-order valence-electron chi connectivity index (χ2n) is 4.32. The molecule has 2 aromatic rings. The Kier molecular flexibility index (Phi) is 4.79. The van der Waals surface area contributed by atoms with Gasteiger partial charge < -0.3 is 20.2 Å². The molecule has 20 heavy (non-hydrogen) atoms. The summed E-state index contributed by atoms with van der Waals surface area (Å²) in [5.41, 5.74) is 1.54. The second kappa shape index (κ2) is 6.77. The summed E-state index contributed by atoms with van der Waals surface area (Å²) in [7, 11) is 0. The number of furan rings is 1. The quantitative estimate of drug-likeness (QED) is 0.754. The third-order valence-electron chi connectivity index (χ3n) is 2.82. The van der Waals surface area contributed by atoms with E-state index in [1.165, 1.54) is 0 Å². The van der Waals surface area contributed by atoms with Gasteiger partial charge in [0.25, 0.3) is 5.91 Å². The Bertz CT molecular complexity index is 561. The fourth-order valence-electron chi connectivity index (χ4n) is 1.79. The lowest BCUT2D eigenvalue weighted by Crippen LogP contribution is -2.22. The van der Waals surface area contributed by atoms with Gasteiger partial charge in [0.15, 0.2) is 0 Å². The SMILES string of the molecule is CCNC(=O)c1ccc(NCc2ccc(CO)o2)cc1. The van der Waals surface area contributed by atoms with E-state index in [0.717, 1.165) is 11.4 Å². The van der Waals surface area contributed by atoms with E-state index in [0.29, 0.717) is 24.4 Å². The van der Waals surface area contributed by atoms with Crippen molar-refractivity contribution in [3.8, 4) is 0 Å². The van der Waals surface area contributed by atoms with Crippen LogP contribution in [0.4, 0.5) is 5.69 Å². The van der Waals surface area contributed by atoms with E-state index in [1.807, 2.05) is 25.1 Å². The van der Waals surface area contributed by atoms with Gasteiger partial charge >= 0.3 is 0 Å². The molecular formula is C15H18N2O3. The zero-order chi connectivity index (χ0) is 14.4.